The van der Waals surface area contributed by atoms with Crippen LogP contribution < -0.4 is 10.3 Å². The highest BCUT2D eigenvalue weighted by Crippen LogP contribution is 2.33. The summed E-state index contributed by atoms with van der Waals surface area (Å²) >= 11 is 5.99. The minimum absolute atomic E-state index is 0.192. The lowest BCUT2D eigenvalue weighted by atomic mass is 10.1. The van der Waals surface area contributed by atoms with Crippen molar-refractivity contribution in [2.24, 2.45) is 0 Å². The molecule has 3 heterocycles. The average Bonchev–Trinajstić information content (AvgIpc) is 3.29. The van der Waals surface area contributed by atoms with E-state index in [2.05, 4.69) is 24.7 Å². The van der Waals surface area contributed by atoms with Crippen molar-refractivity contribution >= 4 is 39.5 Å². The number of aromatic nitrogens is 4. The van der Waals surface area contributed by atoms with Gasteiger partial charge in [0.05, 0.1) is 40.1 Å². The third-order valence-corrected chi connectivity index (χ3v) is 7.04. The number of halogens is 4. The summed E-state index contributed by atoms with van der Waals surface area (Å²) in [7, 11) is 0. The molecule has 10 nitrogen and oxygen atoms in total. The van der Waals surface area contributed by atoms with Crippen LogP contribution in [0.2, 0.25) is 5.02 Å². The van der Waals surface area contributed by atoms with Crippen molar-refractivity contribution < 1.29 is 27.4 Å². The number of benzene rings is 2. The van der Waals surface area contributed by atoms with Crippen LogP contribution in [0.5, 0.6) is 5.75 Å². The first-order valence-corrected chi connectivity index (χ1v) is 13.8. The maximum Gasteiger partial charge on any atom is 0.573 e. The molecule has 2 aromatic carbocycles. The Kier molecular flexibility index (Phi) is 8.08. The molecule has 0 radical (unpaired) electrons. The SMILES string of the molecule is CC(C)(C)OC(=O)N1CCN(CCn2nc(Cc3nc4cc(OC(F)(F)F)c(Cl)cc4[nH]3)c3ccccc3c2=O)CC1. The number of amides is 1. The second kappa shape index (κ2) is 11.4. The molecule has 1 saturated heterocycles. The highest BCUT2D eigenvalue weighted by molar-refractivity contribution is 6.32. The molecule has 224 valence electrons. The third-order valence-electron chi connectivity index (χ3n) is 6.74. The molecular weight excluding hydrogens is 577 g/mol. The normalized spacial score (nSPS) is 15.0. The van der Waals surface area contributed by atoms with E-state index in [0.29, 0.717) is 67.1 Å². The predicted molar refractivity (Wildman–Crippen MR) is 151 cm³/mol. The van der Waals surface area contributed by atoms with Crippen molar-refractivity contribution in [1.82, 2.24) is 29.5 Å². The van der Waals surface area contributed by atoms with Crippen molar-refractivity contribution in [1.29, 1.82) is 0 Å². The number of ether oxygens (including phenoxy) is 2. The zero-order chi connectivity index (χ0) is 30.2. The number of fused-ring (bicyclic) bond motifs is 2. The molecule has 1 aliphatic heterocycles. The summed E-state index contributed by atoms with van der Waals surface area (Å²) in [4.78, 5) is 37.0. The minimum Gasteiger partial charge on any atom is -0.444 e. The van der Waals surface area contributed by atoms with Gasteiger partial charge in [0.2, 0.25) is 0 Å². The van der Waals surface area contributed by atoms with Crippen LogP contribution in [0.1, 0.15) is 32.3 Å². The molecule has 0 aliphatic carbocycles. The van der Waals surface area contributed by atoms with E-state index >= 15 is 0 Å². The molecule has 4 aromatic rings. The second-order valence-electron chi connectivity index (χ2n) is 11.0. The molecule has 1 N–H and O–H groups in total. The Morgan fingerprint density at radius 1 is 1.05 bits per heavy atom. The summed E-state index contributed by atoms with van der Waals surface area (Å²) in [6.07, 6.45) is -5.04. The molecule has 0 spiro atoms. The highest BCUT2D eigenvalue weighted by Gasteiger charge is 2.32. The van der Waals surface area contributed by atoms with Crippen LogP contribution in [0.25, 0.3) is 21.8 Å². The summed E-state index contributed by atoms with van der Waals surface area (Å²) in [6, 6.07) is 9.57. The molecule has 2 aromatic heterocycles. The highest BCUT2D eigenvalue weighted by atomic mass is 35.5. The Balaban J connectivity index is 1.33. The number of hydrogen-bond acceptors (Lipinski definition) is 7. The molecule has 1 aliphatic rings. The Morgan fingerprint density at radius 2 is 1.74 bits per heavy atom. The fourth-order valence-corrected chi connectivity index (χ4v) is 5.02. The first-order valence-electron chi connectivity index (χ1n) is 13.4. The number of nitrogens with zero attached hydrogens (tertiary/aromatic N) is 5. The Hall–Kier alpha value is -3.84. The zero-order valence-corrected chi connectivity index (χ0v) is 24.1. The molecule has 1 amide bonds. The lowest BCUT2D eigenvalue weighted by Gasteiger charge is -2.35. The lowest BCUT2D eigenvalue weighted by molar-refractivity contribution is -0.274. The predicted octanol–water partition coefficient (Wildman–Crippen LogP) is 4.97. The third kappa shape index (κ3) is 6.96. The number of aromatic amines is 1. The van der Waals surface area contributed by atoms with Crippen LogP contribution in [0, 0.1) is 0 Å². The van der Waals surface area contributed by atoms with Crippen molar-refractivity contribution in [2.45, 2.75) is 45.7 Å². The van der Waals surface area contributed by atoms with Gasteiger partial charge < -0.3 is 19.4 Å². The second-order valence-corrected chi connectivity index (χ2v) is 11.4. The van der Waals surface area contributed by atoms with Gasteiger partial charge in [-0.2, -0.15) is 5.10 Å². The summed E-state index contributed by atoms with van der Waals surface area (Å²) in [5.74, 6) is -0.106. The van der Waals surface area contributed by atoms with Crippen LogP contribution >= 0.6 is 11.6 Å². The summed E-state index contributed by atoms with van der Waals surface area (Å²) in [6.45, 7) is 8.68. The van der Waals surface area contributed by atoms with E-state index < -0.39 is 17.7 Å². The number of rotatable bonds is 6. The number of piperazine rings is 1. The van der Waals surface area contributed by atoms with Crippen LogP contribution in [-0.2, 0) is 17.7 Å². The van der Waals surface area contributed by atoms with Gasteiger partial charge >= 0.3 is 12.5 Å². The molecule has 5 rings (SSSR count). The summed E-state index contributed by atoms with van der Waals surface area (Å²) in [5.41, 5.74) is 0.475. The van der Waals surface area contributed by atoms with Gasteiger partial charge in [0, 0.05) is 44.2 Å². The standard InChI is InChI=1S/C28H30ClF3N6O4/c1-27(2,3)42-26(40)37-11-8-36(9-12-37)10-13-38-25(39)18-7-5-4-6-17(18)20(35-38)16-24-33-21-14-19(29)23(15-22(21)34-24)41-28(30,31)32/h4-7,14-15H,8-13,16H2,1-3H3,(H,33,34). The maximum atomic E-state index is 13.3. The van der Waals surface area contributed by atoms with Gasteiger partial charge in [-0.1, -0.05) is 29.8 Å². The Bertz CT molecular complexity index is 1670. The van der Waals surface area contributed by atoms with Gasteiger partial charge in [-0.3, -0.25) is 9.69 Å². The molecule has 42 heavy (non-hydrogen) atoms. The van der Waals surface area contributed by atoms with Gasteiger partial charge in [0.15, 0.2) is 0 Å². The van der Waals surface area contributed by atoms with Gasteiger partial charge in [-0.05, 0) is 32.9 Å². The first-order chi connectivity index (χ1) is 19.8. The van der Waals surface area contributed by atoms with Gasteiger partial charge in [0.1, 0.15) is 17.2 Å². The number of hydrogen-bond donors (Lipinski definition) is 1. The van der Waals surface area contributed by atoms with Crippen molar-refractivity contribution in [3.63, 3.8) is 0 Å². The minimum atomic E-state index is -4.89. The van der Waals surface area contributed by atoms with Gasteiger partial charge in [0.25, 0.3) is 5.56 Å². The number of nitrogens with one attached hydrogen (secondary N) is 1. The van der Waals surface area contributed by atoms with E-state index in [1.54, 1.807) is 29.2 Å². The van der Waals surface area contributed by atoms with Gasteiger partial charge in [-0.15, -0.1) is 13.2 Å². The fraction of sp³-hybridized carbons (Fsp3) is 0.429. The molecule has 0 unspecified atom stereocenters. The maximum absolute atomic E-state index is 13.3. The van der Waals surface area contributed by atoms with Crippen LogP contribution in [0.4, 0.5) is 18.0 Å². The summed E-state index contributed by atoms with van der Waals surface area (Å²) < 4.78 is 49.1. The van der Waals surface area contributed by atoms with Crippen LogP contribution in [0.3, 0.4) is 0 Å². The van der Waals surface area contributed by atoms with E-state index in [9.17, 15) is 22.8 Å². The monoisotopic (exact) mass is 606 g/mol. The van der Waals surface area contributed by atoms with E-state index in [-0.39, 0.29) is 28.6 Å². The van der Waals surface area contributed by atoms with Crippen molar-refractivity contribution in [3.05, 3.63) is 63.3 Å². The summed E-state index contributed by atoms with van der Waals surface area (Å²) in [5, 5.41) is 5.60. The van der Waals surface area contributed by atoms with E-state index in [4.69, 9.17) is 16.3 Å². The van der Waals surface area contributed by atoms with Gasteiger partial charge in [-0.25, -0.2) is 14.5 Å². The number of carbonyl (C=O) groups is 1. The first kappa shape index (κ1) is 29.6. The Labute approximate surface area is 244 Å². The number of carbonyl (C=O) groups excluding carboxylic acids is 1. The van der Waals surface area contributed by atoms with E-state index in [1.807, 2.05) is 20.8 Å². The quantitative estimate of drug-likeness (QED) is 0.330. The topological polar surface area (TPSA) is 106 Å². The largest absolute Gasteiger partial charge is 0.573 e. The number of alkyl halides is 3. The smallest absolute Gasteiger partial charge is 0.444 e. The van der Waals surface area contributed by atoms with Crippen molar-refractivity contribution in [2.75, 3.05) is 32.7 Å². The van der Waals surface area contributed by atoms with Crippen molar-refractivity contribution in [3.8, 4) is 5.75 Å². The molecular formula is C28H30ClF3N6O4. The molecule has 0 bridgehead atoms. The molecule has 0 saturated carbocycles. The van der Waals surface area contributed by atoms with Crippen LogP contribution in [-0.4, -0.2) is 80.3 Å². The molecule has 0 atom stereocenters. The molecule has 1 fully saturated rings. The van der Waals surface area contributed by atoms with E-state index in [0.717, 1.165) is 6.07 Å². The lowest BCUT2D eigenvalue weighted by Crippen LogP contribution is -2.50. The van der Waals surface area contributed by atoms with E-state index in [1.165, 1.54) is 10.7 Å². The number of H-pyrrole nitrogens is 1. The fourth-order valence-electron chi connectivity index (χ4n) is 4.81. The van der Waals surface area contributed by atoms with Crippen LogP contribution in [0.15, 0.2) is 41.2 Å². The molecule has 14 heteroatoms. The zero-order valence-electron chi connectivity index (χ0n) is 23.3. The average molecular weight is 607 g/mol. The number of imidazole rings is 1. The Morgan fingerprint density at radius 3 is 2.40 bits per heavy atom.